The van der Waals surface area contributed by atoms with Crippen molar-refractivity contribution in [2.24, 2.45) is 0 Å². The number of anilines is 2. The lowest BCUT2D eigenvalue weighted by atomic mass is 10.1. The number of ketones is 2. The molecule has 0 bridgehead atoms. The Morgan fingerprint density at radius 2 is 1.25 bits per heavy atom. The van der Waals surface area contributed by atoms with Crippen LogP contribution >= 0.6 is 54.5 Å². The molecule has 55 heavy (non-hydrogen) atoms. The molecule has 4 aromatic heterocycles. The van der Waals surface area contributed by atoms with Gasteiger partial charge in [-0.1, -0.05) is 26.0 Å². The zero-order valence-corrected chi connectivity index (χ0v) is 37.2. The van der Waals surface area contributed by atoms with Crippen molar-refractivity contribution in [1.82, 2.24) is 9.55 Å². The van der Waals surface area contributed by atoms with E-state index in [1.165, 1.54) is 43.1 Å². The van der Waals surface area contributed by atoms with Gasteiger partial charge < -0.3 is 13.8 Å². The van der Waals surface area contributed by atoms with Gasteiger partial charge in [-0.15, -0.1) is 0 Å². The van der Waals surface area contributed by atoms with Crippen molar-refractivity contribution in [1.29, 1.82) is 0 Å². The predicted octanol–water partition coefficient (Wildman–Crippen LogP) is 7.50. The molecule has 0 aliphatic rings. The number of halogens is 3. The Morgan fingerprint density at radius 3 is 1.69 bits per heavy atom. The molecule has 14 nitrogen and oxygen atoms in total. The minimum atomic E-state index is -3.49. The summed E-state index contributed by atoms with van der Waals surface area (Å²) in [6, 6.07) is 16.1. The van der Waals surface area contributed by atoms with Gasteiger partial charge in [-0.25, -0.2) is 16.8 Å². The number of nitrogens with one attached hydrogen (secondary N) is 1. The highest BCUT2D eigenvalue weighted by Gasteiger charge is 2.25. The van der Waals surface area contributed by atoms with Crippen LogP contribution in [0, 0.1) is 3.77 Å². The van der Waals surface area contributed by atoms with Crippen LogP contribution in [0.2, 0.25) is 0 Å². The first-order valence-corrected chi connectivity index (χ1v) is 22.5. The van der Waals surface area contributed by atoms with Gasteiger partial charge in [0.2, 0.25) is 31.5 Å². The largest absolute Gasteiger partial charge is 0.449 e. The van der Waals surface area contributed by atoms with Gasteiger partial charge in [0.25, 0.3) is 5.56 Å². The Morgan fingerprint density at radius 1 is 0.764 bits per heavy atom. The summed E-state index contributed by atoms with van der Waals surface area (Å²) in [7, 11) is -3.98. The van der Waals surface area contributed by atoms with E-state index in [0.29, 0.717) is 58.0 Å². The Balaban J connectivity index is 0.000000212. The second-order valence-electron chi connectivity index (χ2n) is 11.8. The van der Waals surface area contributed by atoms with E-state index in [9.17, 15) is 36.0 Å². The van der Waals surface area contributed by atoms with Crippen LogP contribution < -0.4 is 19.7 Å². The van der Waals surface area contributed by atoms with Crippen molar-refractivity contribution < 1.29 is 35.3 Å². The molecule has 4 heterocycles. The van der Waals surface area contributed by atoms with Crippen LogP contribution in [0.25, 0.3) is 27.8 Å². The maximum absolute atomic E-state index is 12.6. The maximum Gasteiger partial charge on any atom is 0.257 e. The molecule has 0 spiro atoms. The number of H-pyrrole nitrogens is 1. The maximum atomic E-state index is 12.6. The topological polar surface area (TPSA) is 190 Å². The molecule has 0 amide bonds. The van der Waals surface area contributed by atoms with Crippen LogP contribution in [0.5, 0.6) is 0 Å². The van der Waals surface area contributed by atoms with Gasteiger partial charge in [-0.2, -0.15) is 0 Å². The van der Waals surface area contributed by atoms with E-state index in [1.54, 1.807) is 62.5 Å². The van der Waals surface area contributed by atoms with Gasteiger partial charge in [0, 0.05) is 106 Å². The third-order valence-corrected chi connectivity index (χ3v) is 12.5. The van der Waals surface area contributed by atoms with E-state index in [1.807, 2.05) is 22.6 Å². The number of rotatable bonds is 9. The van der Waals surface area contributed by atoms with Gasteiger partial charge in [0.1, 0.15) is 11.2 Å². The number of pyridine rings is 2. The molecule has 292 valence electrons. The van der Waals surface area contributed by atoms with E-state index in [0.717, 1.165) is 21.1 Å². The molecular formula is C36H35Br2IN4O10S2. The minimum Gasteiger partial charge on any atom is -0.449 e. The zero-order chi connectivity index (χ0) is 41.0. The number of carbonyl (C=O) groups is 2. The van der Waals surface area contributed by atoms with Crippen LogP contribution in [-0.4, -0.2) is 64.6 Å². The van der Waals surface area contributed by atoms with Gasteiger partial charge in [-0.05, 0) is 56.1 Å². The summed E-state index contributed by atoms with van der Waals surface area (Å²) >= 11 is 8.71. The summed E-state index contributed by atoms with van der Waals surface area (Å²) in [6.45, 7) is 3.51. The zero-order valence-electron chi connectivity index (χ0n) is 30.2. The van der Waals surface area contributed by atoms with Gasteiger partial charge in [-0.3, -0.25) is 32.4 Å². The van der Waals surface area contributed by atoms with E-state index >= 15 is 0 Å². The first kappa shape index (κ1) is 43.7. The number of fused-ring (bicyclic) bond motifs is 2. The molecule has 6 rings (SSSR count). The van der Waals surface area contributed by atoms with Crippen LogP contribution in [0.3, 0.4) is 0 Å². The lowest BCUT2D eigenvalue weighted by Crippen LogP contribution is -2.25. The van der Waals surface area contributed by atoms with Gasteiger partial charge >= 0.3 is 0 Å². The highest BCUT2D eigenvalue weighted by Crippen LogP contribution is 2.38. The van der Waals surface area contributed by atoms with Crippen LogP contribution in [0.1, 0.15) is 47.4 Å². The van der Waals surface area contributed by atoms with Crippen molar-refractivity contribution >= 4 is 119 Å². The minimum absolute atomic E-state index is 0.00531. The molecule has 0 aliphatic heterocycles. The number of aromatic nitrogens is 2. The first-order chi connectivity index (χ1) is 25.7. The number of carbonyl (C=O) groups excluding carboxylic acids is 2. The molecule has 1 N–H and O–H groups in total. The number of furan rings is 2. The molecule has 2 aromatic carbocycles. The number of aromatic amines is 1. The highest BCUT2D eigenvalue weighted by atomic mass is 127. The molecule has 0 aliphatic carbocycles. The summed E-state index contributed by atoms with van der Waals surface area (Å²) in [6.07, 6.45) is 5.95. The predicted molar refractivity (Wildman–Crippen MR) is 229 cm³/mol. The summed E-state index contributed by atoms with van der Waals surface area (Å²) in [4.78, 5) is 49.5. The van der Waals surface area contributed by atoms with E-state index < -0.39 is 20.0 Å². The standard InChI is InChI=1S/C18H17BrN2O5S.C13H13BrINO4S.C5H5NO/c1-4-14(22)17-11-9-12(19)13(20(2)27(3,24)25)10-15(11)26-18(17)21-8-6-5-7-16(21)23;1-4-10(17)12-7-5-8(14)9(16(2)21(3,18)19)6-11(7)20-13(12)15;7-5-3-1-2-4-6-5/h5-10H,4H2,1-3H3;5-6H,4H2,1-3H3;1-4H,(H,6,7). The molecule has 0 atom stereocenters. The smallest absolute Gasteiger partial charge is 0.257 e. The molecule has 0 unspecified atom stereocenters. The summed E-state index contributed by atoms with van der Waals surface area (Å²) in [5.74, 6) is -0.0709. The highest BCUT2D eigenvalue weighted by molar-refractivity contribution is 14.1. The first-order valence-electron chi connectivity index (χ1n) is 16.1. The normalized spacial score (nSPS) is 11.4. The second-order valence-corrected chi connectivity index (χ2v) is 18.5. The summed E-state index contributed by atoms with van der Waals surface area (Å²) in [5, 5.41) is 1.19. The summed E-state index contributed by atoms with van der Waals surface area (Å²) < 4.78 is 63.7. The Hall–Kier alpha value is -4.05. The molecule has 0 fully saturated rings. The van der Waals surface area contributed by atoms with Crippen LogP contribution in [-0.2, 0) is 20.0 Å². The van der Waals surface area contributed by atoms with E-state index in [4.69, 9.17) is 8.83 Å². The average Bonchev–Trinajstić information content (AvgIpc) is 3.65. The van der Waals surface area contributed by atoms with Crippen LogP contribution in [0.4, 0.5) is 11.4 Å². The number of benzene rings is 2. The lowest BCUT2D eigenvalue weighted by Gasteiger charge is -2.18. The average molecular weight is 1030 g/mol. The number of hydrogen-bond acceptors (Lipinski definition) is 10. The molecule has 0 saturated carbocycles. The number of Topliss-reactive ketones (excluding diaryl/α,β-unsaturated/α-hetero) is 2. The fourth-order valence-electron chi connectivity index (χ4n) is 5.03. The van der Waals surface area contributed by atoms with Gasteiger partial charge in [0.15, 0.2) is 15.3 Å². The van der Waals surface area contributed by atoms with Crippen molar-refractivity contribution in [2.45, 2.75) is 26.7 Å². The molecule has 0 radical (unpaired) electrons. The van der Waals surface area contributed by atoms with Crippen LogP contribution in [0.15, 0.2) is 100 Å². The molecule has 19 heteroatoms. The quantitative estimate of drug-likeness (QED) is 0.112. The monoisotopic (exact) mass is 1030 g/mol. The van der Waals surface area contributed by atoms with Crippen molar-refractivity contribution in [3.63, 3.8) is 0 Å². The summed E-state index contributed by atoms with van der Waals surface area (Å²) in [5.41, 5.74) is 2.07. The Bertz CT molecular complexity index is 2740. The van der Waals surface area contributed by atoms with Crippen molar-refractivity contribution in [3.05, 3.63) is 118 Å². The van der Waals surface area contributed by atoms with Crippen molar-refractivity contribution in [2.75, 3.05) is 35.2 Å². The number of nitrogens with zero attached hydrogens (tertiary/aromatic N) is 3. The SMILES string of the molecule is CCC(=O)c1c(-n2ccccc2=O)oc2cc(N(C)S(C)(=O)=O)c(Br)cc12.CCC(=O)c1c(I)oc2cc(N(C)S(C)(=O)=O)c(Br)cc12.O=c1cccc[nH]1. The Kier molecular flexibility index (Phi) is 14.2. The molecular weight excluding hydrogens is 999 g/mol. The van der Waals surface area contributed by atoms with Crippen molar-refractivity contribution in [3.8, 4) is 5.88 Å². The fourth-order valence-corrected chi connectivity index (χ4v) is 8.33. The molecule has 0 saturated heterocycles. The molecule has 6 aromatic rings. The third kappa shape index (κ3) is 10.0. The third-order valence-electron chi connectivity index (χ3n) is 8.05. The number of hydrogen-bond donors (Lipinski definition) is 1. The fraction of sp³-hybridized carbons (Fsp3) is 0.222. The van der Waals surface area contributed by atoms with Gasteiger partial charge in [0.05, 0.1) is 35.0 Å². The number of sulfonamides is 2. The van der Waals surface area contributed by atoms with E-state index in [-0.39, 0.29) is 40.6 Å². The van der Waals surface area contributed by atoms with E-state index in [2.05, 4.69) is 36.8 Å². The second kappa shape index (κ2) is 17.8. The lowest BCUT2D eigenvalue weighted by molar-refractivity contribution is 0.0980. The Labute approximate surface area is 347 Å².